The van der Waals surface area contributed by atoms with Gasteiger partial charge >= 0.3 is 6.18 Å². The molecule has 1 aromatic carbocycles. The lowest BCUT2D eigenvalue weighted by molar-refractivity contribution is -0.115. The van der Waals surface area contributed by atoms with E-state index in [2.05, 4.69) is 5.32 Å². The predicted octanol–water partition coefficient (Wildman–Crippen LogP) is 2.51. The molecule has 0 atom stereocenters. The minimum Gasteiger partial charge on any atom is -0.376 e. The monoisotopic (exact) mass is 256 g/mol. The van der Waals surface area contributed by atoms with Crippen LogP contribution in [-0.2, 0) is 7.05 Å². The average molecular weight is 256 g/mol. The minimum atomic E-state index is -4.26. The summed E-state index contributed by atoms with van der Waals surface area (Å²) in [7, 11) is 1.62. The maximum Gasteiger partial charge on any atom is 0.405 e. The Hall–Kier alpha value is -1.98. The quantitative estimate of drug-likeness (QED) is 0.895. The molecule has 3 nitrogen and oxygen atoms in total. The highest BCUT2D eigenvalue weighted by Crippen LogP contribution is 2.19. The highest BCUT2D eigenvalue weighted by atomic mass is 19.4. The molecule has 0 amide bonds. The van der Waals surface area contributed by atoms with E-state index in [4.69, 9.17) is 0 Å². The number of aryl methyl sites for hydroxylation is 1. The summed E-state index contributed by atoms with van der Waals surface area (Å²) in [6.45, 7) is -1.09. The van der Waals surface area contributed by atoms with Crippen molar-refractivity contribution in [3.05, 3.63) is 40.8 Å². The number of alkyl halides is 3. The fourth-order valence-electron chi connectivity index (χ4n) is 1.66. The summed E-state index contributed by atoms with van der Waals surface area (Å²) < 4.78 is 37.6. The normalized spacial score (nSPS) is 11.8. The van der Waals surface area contributed by atoms with Gasteiger partial charge in [0.2, 0.25) is 0 Å². The van der Waals surface area contributed by atoms with Gasteiger partial charge in [-0.1, -0.05) is 0 Å². The van der Waals surface area contributed by atoms with Crippen LogP contribution in [0.5, 0.6) is 0 Å². The summed E-state index contributed by atoms with van der Waals surface area (Å²) >= 11 is 0. The molecule has 0 unspecified atom stereocenters. The molecule has 1 N–H and O–H groups in total. The van der Waals surface area contributed by atoms with Crippen molar-refractivity contribution in [1.29, 1.82) is 0 Å². The average Bonchev–Trinajstić information content (AvgIpc) is 2.30. The second-order valence-corrected chi connectivity index (χ2v) is 4.00. The number of hydrogen-bond donors (Lipinski definition) is 1. The zero-order valence-corrected chi connectivity index (χ0v) is 9.58. The van der Waals surface area contributed by atoms with E-state index in [9.17, 15) is 18.0 Å². The van der Waals surface area contributed by atoms with Gasteiger partial charge in [-0.3, -0.25) is 4.79 Å². The minimum absolute atomic E-state index is 0.171. The largest absolute Gasteiger partial charge is 0.405 e. The van der Waals surface area contributed by atoms with Crippen molar-refractivity contribution < 1.29 is 13.2 Å². The van der Waals surface area contributed by atoms with Gasteiger partial charge < -0.3 is 9.88 Å². The number of pyridine rings is 1. The number of halogens is 3. The second kappa shape index (κ2) is 4.36. The lowest BCUT2D eigenvalue weighted by atomic mass is 10.1. The van der Waals surface area contributed by atoms with Crippen LogP contribution in [-0.4, -0.2) is 17.3 Å². The Balaban J connectivity index is 2.34. The van der Waals surface area contributed by atoms with E-state index in [1.807, 2.05) is 0 Å². The molecule has 0 aliphatic carbocycles. The first-order chi connectivity index (χ1) is 8.37. The van der Waals surface area contributed by atoms with Crippen molar-refractivity contribution >= 4 is 16.5 Å². The molecule has 0 spiro atoms. The molecule has 0 aliphatic heterocycles. The number of anilines is 1. The van der Waals surface area contributed by atoms with Crippen LogP contribution >= 0.6 is 0 Å². The smallest absolute Gasteiger partial charge is 0.376 e. The van der Waals surface area contributed by atoms with Crippen LogP contribution in [0.1, 0.15) is 0 Å². The van der Waals surface area contributed by atoms with Gasteiger partial charge in [-0.25, -0.2) is 0 Å². The van der Waals surface area contributed by atoms with Crippen molar-refractivity contribution in [3.63, 3.8) is 0 Å². The van der Waals surface area contributed by atoms with Gasteiger partial charge in [0.05, 0.1) is 0 Å². The predicted molar refractivity (Wildman–Crippen MR) is 63.7 cm³/mol. The van der Waals surface area contributed by atoms with E-state index in [0.717, 1.165) is 0 Å². The maximum atomic E-state index is 12.1. The molecule has 0 aliphatic rings. The van der Waals surface area contributed by atoms with Crippen LogP contribution in [0.3, 0.4) is 0 Å². The first-order valence-corrected chi connectivity index (χ1v) is 5.27. The van der Waals surface area contributed by atoms with E-state index >= 15 is 0 Å². The third-order valence-electron chi connectivity index (χ3n) is 2.57. The Labute approximate surface area is 101 Å². The third-order valence-corrected chi connectivity index (χ3v) is 2.57. The van der Waals surface area contributed by atoms with Crippen LogP contribution in [0.2, 0.25) is 0 Å². The molecule has 96 valence electrons. The summed E-state index contributed by atoms with van der Waals surface area (Å²) in [5, 5.41) is 3.38. The first kappa shape index (κ1) is 12.5. The Morgan fingerprint density at radius 3 is 2.67 bits per heavy atom. The lowest BCUT2D eigenvalue weighted by Crippen LogP contribution is -2.21. The Bertz CT molecular complexity index is 631. The van der Waals surface area contributed by atoms with E-state index in [-0.39, 0.29) is 5.56 Å². The number of rotatable bonds is 2. The van der Waals surface area contributed by atoms with Crippen LogP contribution in [0.15, 0.2) is 35.3 Å². The van der Waals surface area contributed by atoms with E-state index in [1.54, 1.807) is 19.3 Å². The van der Waals surface area contributed by atoms with Crippen molar-refractivity contribution in [2.75, 3.05) is 11.9 Å². The van der Waals surface area contributed by atoms with Crippen molar-refractivity contribution in [2.45, 2.75) is 6.18 Å². The maximum absolute atomic E-state index is 12.1. The van der Waals surface area contributed by atoms with Crippen molar-refractivity contribution in [2.24, 2.45) is 7.05 Å². The molecule has 0 fully saturated rings. The van der Waals surface area contributed by atoms with Gasteiger partial charge in [-0.15, -0.1) is 0 Å². The molecular formula is C12H11F3N2O. The highest BCUT2D eigenvalue weighted by Gasteiger charge is 2.26. The first-order valence-electron chi connectivity index (χ1n) is 5.27. The summed E-state index contributed by atoms with van der Waals surface area (Å²) in [5.74, 6) is 0. The van der Waals surface area contributed by atoms with Gasteiger partial charge in [0.1, 0.15) is 6.54 Å². The summed E-state index contributed by atoms with van der Waals surface area (Å²) in [4.78, 5) is 11.7. The summed E-state index contributed by atoms with van der Waals surface area (Å²) in [6.07, 6.45) is -2.68. The van der Waals surface area contributed by atoms with Crippen LogP contribution in [0.4, 0.5) is 18.9 Å². The number of nitrogens with zero attached hydrogens (tertiary/aromatic N) is 1. The van der Waals surface area contributed by atoms with Crippen LogP contribution in [0, 0.1) is 0 Å². The van der Waals surface area contributed by atoms with Crippen molar-refractivity contribution in [3.8, 4) is 0 Å². The van der Waals surface area contributed by atoms with Gasteiger partial charge in [0.25, 0.3) is 5.56 Å². The third kappa shape index (κ3) is 2.64. The molecule has 0 bridgehead atoms. The van der Waals surface area contributed by atoms with E-state index in [1.165, 1.54) is 22.8 Å². The molecule has 2 aromatic rings. The van der Waals surface area contributed by atoms with Gasteiger partial charge in [0.15, 0.2) is 0 Å². The van der Waals surface area contributed by atoms with Crippen LogP contribution in [0.25, 0.3) is 10.8 Å². The molecular weight excluding hydrogens is 245 g/mol. The molecule has 2 rings (SSSR count). The van der Waals surface area contributed by atoms with Gasteiger partial charge in [-0.05, 0) is 29.7 Å². The Kier molecular flexibility index (Phi) is 3.02. The molecule has 18 heavy (non-hydrogen) atoms. The zero-order chi connectivity index (χ0) is 13.3. The molecule has 1 heterocycles. The lowest BCUT2D eigenvalue weighted by Gasteiger charge is -2.10. The van der Waals surface area contributed by atoms with E-state index in [0.29, 0.717) is 16.5 Å². The Morgan fingerprint density at radius 1 is 1.28 bits per heavy atom. The van der Waals surface area contributed by atoms with Crippen LogP contribution < -0.4 is 10.9 Å². The van der Waals surface area contributed by atoms with Crippen molar-refractivity contribution in [1.82, 2.24) is 4.57 Å². The topological polar surface area (TPSA) is 34.0 Å². The molecule has 0 radical (unpaired) electrons. The number of fused-ring (bicyclic) bond motifs is 1. The summed E-state index contributed by atoms with van der Waals surface area (Å²) in [6, 6.07) is 6.21. The molecule has 0 saturated heterocycles. The van der Waals surface area contributed by atoms with E-state index < -0.39 is 12.7 Å². The summed E-state index contributed by atoms with van der Waals surface area (Å²) in [5.41, 5.74) is 0.169. The molecule has 1 aromatic heterocycles. The highest BCUT2D eigenvalue weighted by molar-refractivity contribution is 5.84. The second-order valence-electron chi connectivity index (χ2n) is 4.00. The Morgan fingerprint density at radius 2 is 2.00 bits per heavy atom. The van der Waals surface area contributed by atoms with Gasteiger partial charge in [-0.2, -0.15) is 13.2 Å². The van der Waals surface area contributed by atoms with Gasteiger partial charge in [0, 0.05) is 24.3 Å². The number of aromatic nitrogens is 1. The molecule has 6 heteroatoms. The zero-order valence-electron chi connectivity index (χ0n) is 9.58. The molecule has 0 saturated carbocycles. The number of benzene rings is 1. The number of nitrogens with one attached hydrogen (secondary N) is 1. The SMILES string of the molecule is Cn1ccc2cc(NCC(F)(F)F)ccc2c1=O. The number of hydrogen-bond acceptors (Lipinski definition) is 2. The standard InChI is InChI=1S/C12H11F3N2O/c1-17-5-4-8-6-9(16-7-12(13,14)15)2-3-10(8)11(17)18/h2-6,16H,7H2,1H3. The fraction of sp³-hybridized carbons (Fsp3) is 0.250. The fourth-order valence-corrected chi connectivity index (χ4v) is 1.66.